The molecule has 0 aromatic carbocycles. The molecule has 3 N–H and O–H groups in total. The first kappa shape index (κ1) is 15.5. The summed E-state index contributed by atoms with van der Waals surface area (Å²) in [5.74, 6) is 0.566. The molecule has 0 radical (unpaired) electrons. The Hall–Kier alpha value is -0.910. The van der Waals surface area contributed by atoms with E-state index in [9.17, 15) is 4.79 Å². The molecule has 0 bridgehead atoms. The van der Waals surface area contributed by atoms with Gasteiger partial charge in [0.05, 0.1) is 6.61 Å². The summed E-state index contributed by atoms with van der Waals surface area (Å²) in [6.45, 7) is 4.01. The minimum Gasteiger partial charge on any atom is -0.460 e. The van der Waals surface area contributed by atoms with Crippen molar-refractivity contribution in [2.45, 2.75) is 25.7 Å². The fourth-order valence-electron chi connectivity index (χ4n) is 3.17. The summed E-state index contributed by atoms with van der Waals surface area (Å²) in [6, 6.07) is 0. The fourth-order valence-corrected chi connectivity index (χ4v) is 3.17. The van der Waals surface area contributed by atoms with Gasteiger partial charge in [-0.3, -0.25) is 0 Å². The van der Waals surface area contributed by atoms with Crippen molar-refractivity contribution in [1.29, 1.82) is 0 Å². The van der Waals surface area contributed by atoms with Crippen LogP contribution in [0.1, 0.15) is 25.7 Å². The van der Waals surface area contributed by atoms with Crippen LogP contribution in [0.15, 0.2) is 11.6 Å². The first-order valence-electron chi connectivity index (χ1n) is 7.72. The second-order valence-electron chi connectivity index (χ2n) is 5.62. The van der Waals surface area contributed by atoms with Crippen LogP contribution in [0.3, 0.4) is 0 Å². The Bertz CT molecular complexity index is 312. The smallest absolute Gasteiger partial charge is 0.330 e. The Labute approximate surface area is 120 Å². The molecular weight excluding hydrogens is 256 g/mol. The summed E-state index contributed by atoms with van der Waals surface area (Å²) in [4.78, 5) is 11.8. The van der Waals surface area contributed by atoms with Crippen LogP contribution in [-0.2, 0) is 9.53 Å². The van der Waals surface area contributed by atoms with Crippen LogP contribution in [0.4, 0.5) is 0 Å². The molecule has 0 aromatic heterocycles. The highest BCUT2D eigenvalue weighted by Crippen LogP contribution is 2.30. The lowest BCUT2D eigenvalue weighted by atomic mass is 9.80. The van der Waals surface area contributed by atoms with Crippen LogP contribution in [0.5, 0.6) is 0 Å². The van der Waals surface area contributed by atoms with Crippen LogP contribution < -0.4 is 10.6 Å². The van der Waals surface area contributed by atoms with Gasteiger partial charge in [0.1, 0.15) is 6.61 Å². The number of carbonyl (C=O) groups excluding carboxylic acids is 1. The summed E-state index contributed by atoms with van der Waals surface area (Å²) < 4.78 is 5.00. The average Bonchev–Trinajstić information content (AvgIpc) is 2.52. The average molecular weight is 282 g/mol. The predicted octanol–water partition coefficient (Wildman–Crippen LogP) is 0.448. The van der Waals surface area contributed by atoms with Crippen molar-refractivity contribution in [3.05, 3.63) is 11.6 Å². The second kappa shape index (κ2) is 8.39. The van der Waals surface area contributed by atoms with E-state index in [1.54, 1.807) is 6.08 Å². The summed E-state index contributed by atoms with van der Waals surface area (Å²) in [5.41, 5.74) is 1.23. The topological polar surface area (TPSA) is 70.6 Å². The zero-order valence-corrected chi connectivity index (χ0v) is 12.1. The molecular formula is C15H26N2O3. The van der Waals surface area contributed by atoms with Gasteiger partial charge in [0, 0.05) is 19.2 Å². The highest BCUT2D eigenvalue weighted by atomic mass is 16.5. The standard InChI is InChI=1S/C15H26N2O3/c18-7-8-20-15(19)9-14(12-3-1-5-16-10-12)13-4-2-6-17-11-13/h9,12-13,16-18H,1-8,10-11H2. The Morgan fingerprint density at radius 2 is 1.75 bits per heavy atom. The van der Waals surface area contributed by atoms with E-state index in [0.29, 0.717) is 11.8 Å². The Balaban J connectivity index is 2.05. The van der Waals surface area contributed by atoms with Gasteiger partial charge >= 0.3 is 5.97 Å². The van der Waals surface area contributed by atoms with Gasteiger partial charge in [-0.25, -0.2) is 4.79 Å². The molecule has 2 heterocycles. The van der Waals surface area contributed by atoms with Crippen molar-refractivity contribution >= 4 is 5.97 Å². The van der Waals surface area contributed by atoms with Crippen molar-refractivity contribution in [3.63, 3.8) is 0 Å². The molecule has 0 amide bonds. The quantitative estimate of drug-likeness (QED) is 0.504. The normalized spacial score (nSPS) is 26.9. The molecule has 2 saturated heterocycles. The molecule has 5 nitrogen and oxygen atoms in total. The summed E-state index contributed by atoms with van der Waals surface area (Å²) >= 11 is 0. The monoisotopic (exact) mass is 282 g/mol. The maximum Gasteiger partial charge on any atom is 0.330 e. The fraction of sp³-hybridized carbons (Fsp3) is 0.800. The third-order valence-corrected chi connectivity index (χ3v) is 4.16. The van der Waals surface area contributed by atoms with E-state index in [1.165, 1.54) is 5.57 Å². The van der Waals surface area contributed by atoms with Crippen molar-refractivity contribution in [2.75, 3.05) is 39.4 Å². The lowest BCUT2D eigenvalue weighted by Gasteiger charge is -2.33. The zero-order chi connectivity index (χ0) is 14.2. The van der Waals surface area contributed by atoms with Gasteiger partial charge in [-0.15, -0.1) is 0 Å². The summed E-state index contributed by atoms with van der Waals surface area (Å²) in [7, 11) is 0. The van der Waals surface area contributed by atoms with Crippen LogP contribution in [0.25, 0.3) is 0 Å². The number of aliphatic hydroxyl groups is 1. The molecule has 20 heavy (non-hydrogen) atoms. The molecule has 2 fully saturated rings. The van der Waals surface area contributed by atoms with E-state index in [0.717, 1.165) is 51.9 Å². The number of hydrogen-bond acceptors (Lipinski definition) is 5. The minimum absolute atomic E-state index is 0.0778. The third-order valence-electron chi connectivity index (χ3n) is 4.16. The molecule has 0 spiro atoms. The Morgan fingerprint density at radius 3 is 2.20 bits per heavy atom. The van der Waals surface area contributed by atoms with Crippen LogP contribution in [0.2, 0.25) is 0 Å². The van der Waals surface area contributed by atoms with Gasteiger partial charge in [-0.2, -0.15) is 0 Å². The molecule has 114 valence electrons. The Morgan fingerprint density at radius 1 is 1.15 bits per heavy atom. The molecule has 0 aromatic rings. The number of piperidine rings is 2. The molecule has 0 aliphatic carbocycles. The highest BCUT2D eigenvalue weighted by Gasteiger charge is 2.26. The maximum absolute atomic E-state index is 11.8. The number of hydrogen-bond donors (Lipinski definition) is 3. The third kappa shape index (κ3) is 4.58. The molecule has 2 aliphatic rings. The van der Waals surface area contributed by atoms with Gasteiger partial charge in [0.25, 0.3) is 0 Å². The molecule has 2 rings (SSSR count). The van der Waals surface area contributed by atoms with E-state index in [2.05, 4.69) is 10.6 Å². The van der Waals surface area contributed by atoms with Gasteiger partial charge in [-0.05, 0) is 50.6 Å². The van der Waals surface area contributed by atoms with Crippen molar-refractivity contribution in [2.24, 2.45) is 11.8 Å². The minimum atomic E-state index is -0.315. The maximum atomic E-state index is 11.8. The molecule has 2 unspecified atom stereocenters. The molecule has 2 aliphatic heterocycles. The number of aliphatic hydroxyl groups excluding tert-OH is 1. The molecule has 2 atom stereocenters. The van der Waals surface area contributed by atoms with E-state index in [4.69, 9.17) is 9.84 Å². The second-order valence-corrected chi connectivity index (χ2v) is 5.62. The number of nitrogens with one attached hydrogen (secondary N) is 2. The first-order valence-corrected chi connectivity index (χ1v) is 7.72. The predicted molar refractivity (Wildman–Crippen MR) is 77.3 cm³/mol. The molecule has 5 heteroatoms. The summed E-state index contributed by atoms with van der Waals surface area (Å²) in [5, 5.41) is 15.6. The van der Waals surface area contributed by atoms with E-state index in [-0.39, 0.29) is 19.2 Å². The van der Waals surface area contributed by atoms with Crippen molar-refractivity contribution < 1.29 is 14.6 Å². The summed E-state index contributed by atoms with van der Waals surface area (Å²) in [6.07, 6.45) is 6.29. The lowest BCUT2D eigenvalue weighted by Crippen LogP contribution is -2.37. The van der Waals surface area contributed by atoms with Crippen LogP contribution in [0, 0.1) is 11.8 Å². The van der Waals surface area contributed by atoms with Gasteiger partial charge < -0.3 is 20.5 Å². The number of esters is 1. The van der Waals surface area contributed by atoms with Crippen molar-refractivity contribution in [3.8, 4) is 0 Å². The van der Waals surface area contributed by atoms with Crippen LogP contribution in [-0.4, -0.2) is 50.5 Å². The number of carbonyl (C=O) groups is 1. The molecule has 0 saturated carbocycles. The number of rotatable bonds is 5. The van der Waals surface area contributed by atoms with Gasteiger partial charge in [0.15, 0.2) is 0 Å². The Kier molecular flexibility index (Phi) is 6.50. The van der Waals surface area contributed by atoms with Gasteiger partial charge in [0.2, 0.25) is 0 Å². The van der Waals surface area contributed by atoms with Crippen LogP contribution >= 0.6 is 0 Å². The SMILES string of the molecule is O=C(C=C(C1CCCNC1)C1CCCNC1)OCCO. The van der Waals surface area contributed by atoms with E-state index < -0.39 is 0 Å². The van der Waals surface area contributed by atoms with Gasteiger partial charge in [-0.1, -0.05) is 5.57 Å². The van der Waals surface area contributed by atoms with E-state index >= 15 is 0 Å². The largest absolute Gasteiger partial charge is 0.460 e. The zero-order valence-electron chi connectivity index (χ0n) is 12.1. The highest BCUT2D eigenvalue weighted by molar-refractivity contribution is 5.83. The number of ether oxygens (including phenoxy) is 1. The first-order chi connectivity index (χ1) is 9.81. The van der Waals surface area contributed by atoms with Crippen molar-refractivity contribution in [1.82, 2.24) is 10.6 Å². The lowest BCUT2D eigenvalue weighted by molar-refractivity contribution is -0.138. The van der Waals surface area contributed by atoms with E-state index in [1.807, 2.05) is 0 Å².